The minimum absolute atomic E-state index is 0.0913. The van der Waals surface area contributed by atoms with Crippen molar-refractivity contribution < 1.29 is 28.0 Å². The first kappa shape index (κ1) is 38.5. The van der Waals surface area contributed by atoms with Crippen LogP contribution in [-0.4, -0.2) is 32.3 Å². The zero-order valence-corrected chi connectivity index (χ0v) is 34.0. The number of thioether (sulfide) groups is 1. The standard InChI is InChI=1S/C48H41ClN3O5S/c1-5-24-58-48-39(47(53)40(48)28-46-52(30-32-12-16-35(49)17-13-32)42-23-20-37(55-4)26-44(42)57-46)27-45-50(6-2)43-25-38(56-31-34-10-8-7-9-11-34)21-22-41(43)51(45)29-33-14-18-36(54-3)19-15-33/h1,7-23,25-28H,6,24,29-31H2,2-4H3/q+1. The minimum Gasteiger partial charge on any atom is -0.497 e. The van der Waals surface area contributed by atoms with Gasteiger partial charge in [0.05, 0.1) is 37.4 Å². The molecule has 6 aromatic rings. The van der Waals surface area contributed by atoms with Crippen LogP contribution in [0.25, 0.3) is 17.2 Å². The van der Waals surface area contributed by atoms with E-state index in [2.05, 4.69) is 63.6 Å². The average Bonchev–Trinajstić information content (AvgIpc) is 3.75. The first-order valence-corrected chi connectivity index (χ1v) is 20.3. The highest BCUT2D eigenvalue weighted by Gasteiger charge is 2.38. The van der Waals surface area contributed by atoms with Crippen molar-refractivity contribution in [3.63, 3.8) is 0 Å². The molecule has 290 valence electrons. The summed E-state index contributed by atoms with van der Waals surface area (Å²) in [5.74, 6) is 6.67. The number of carbonyl (C=O) groups excluding carboxylic acids is 1. The fraction of sp³-hybridized carbons (Fsp3) is 0.167. The van der Waals surface area contributed by atoms with Crippen LogP contribution in [0.5, 0.6) is 17.2 Å². The van der Waals surface area contributed by atoms with E-state index in [1.165, 1.54) is 11.8 Å². The third-order valence-corrected chi connectivity index (χ3v) is 11.4. The summed E-state index contributed by atoms with van der Waals surface area (Å²) >= 11 is 7.69. The highest BCUT2D eigenvalue weighted by atomic mass is 35.5. The van der Waals surface area contributed by atoms with Crippen molar-refractivity contribution in [1.82, 2.24) is 0 Å². The smallest absolute Gasteiger partial charge is 0.375 e. The average molecular weight is 807 g/mol. The molecular weight excluding hydrogens is 766 g/mol. The Hall–Kier alpha value is -6.34. The van der Waals surface area contributed by atoms with Crippen LogP contribution in [0.2, 0.25) is 5.02 Å². The molecule has 8 rings (SSSR count). The van der Waals surface area contributed by atoms with Crippen molar-refractivity contribution in [1.29, 1.82) is 0 Å². The van der Waals surface area contributed by atoms with Gasteiger partial charge in [-0.1, -0.05) is 72.1 Å². The van der Waals surface area contributed by atoms with Gasteiger partial charge in [0.2, 0.25) is 5.58 Å². The molecule has 0 radical (unpaired) electrons. The number of halogens is 1. The van der Waals surface area contributed by atoms with Gasteiger partial charge in [-0.05, 0) is 66.6 Å². The molecule has 0 atom stereocenters. The summed E-state index contributed by atoms with van der Waals surface area (Å²) in [5, 5.41) is 0.659. The Morgan fingerprint density at radius 1 is 0.810 bits per heavy atom. The van der Waals surface area contributed by atoms with Crippen LogP contribution in [0.1, 0.15) is 29.5 Å². The summed E-state index contributed by atoms with van der Waals surface area (Å²) in [6, 6.07) is 37.8. The Morgan fingerprint density at radius 2 is 1.53 bits per heavy atom. The van der Waals surface area contributed by atoms with Gasteiger partial charge < -0.3 is 28.4 Å². The molecule has 1 aromatic heterocycles. The summed E-state index contributed by atoms with van der Waals surface area (Å²) in [4.78, 5) is 19.7. The van der Waals surface area contributed by atoms with Crippen molar-refractivity contribution in [2.75, 3.05) is 36.3 Å². The third-order valence-electron chi connectivity index (χ3n) is 10.2. The lowest BCUT2D eigenvalue weighted by molar-refractivity contribution is -0.669. The summed E-state index contributed by atoms with van der Waals surface area (Å²) in [5.41, 5.74) is 7.85. The van der Waals surface area contributed by atoms with Crippen LogP contribution in [0, 0.1) is 12.3 Å². The largest absolute Gasteiger partial charge is 0.497 e. The second kappa shape index (κ2) is 17.0. The molecule has 10 heteroatoms. The highest BCUT2D eigenvalue weighted by Crippen LogP contribution is 2.47. The number of oxazole rings is 1. The molecule has 1 aliphatic heterocycles. The highest BCUT2D eigenvalue weighted by molar-refractivity contribution is 8.03. The summed E-state index contributed by atoms with van der Waals surface area (Å²) in [7, 11) is 3.28. The molecule has 8 nitrogen and oxygen atoms in total. The number of carbonyl (C=O) groups is 1. The van der Waals surface area contributed by atoms with Crippen LogP contribution in [0.3, 0.4) is 0 Å². The molecule has 0 amide bonds. The van der Waals surface area contributed by atoms with Crippen molar-refractivity contribution >= 4 is 57.7 Å². The normalized spacial score (nSPS) is 14.9. The summed E-state index contributed by atoms with van der Waals surface area (Å²) in [6.07, 6.45) is 9.64. The molecule has 0 saturated carbocycles. The lowest BCUT2D eigenvalue weighted by atomic mass is 9.89. The van der Waals surface area contributed by atoms with Crippen molar-refractivity contribution in [3.05, 3.63) is 171 Å². The van der Waals surface area contributed by atoms with Crippen LogP contribution in [-0.2, 0) is 24.5 Å². The maximum atomic E-state index is 14.4. The number of aromatic nitrogens is 1. The van der Waals surface area contributed by atoms with Crippen LogP contribution in [0.15, 0.2) is 148 Å². The van der Waals surface area contributed by atoms with Gasteiger partial charge in [0.25, 0.3) is 5.52 Å². The zero-order chi connectivity index (χ0) is 40.2. The van der Waals surface area contributed by atoms with Gasteiger partial charge in [-0.15, -0.1) is 18.2 Å². The Bertz CT molecular complexity index is 2630. The number of Topliss-reactive ketones (excluding diaryl/α,β-unsaturated/α-hetero) is 1. The van der Waals surface area contributed by atoms with E-state index >= 15 is 0 Å². The molecule has 5 aromatic carbocycles. The topological polar surface area (TPSA) is 68.3 Å². The Kier molecular flexibility index (Phi) is 11.3. The van der Waals surface area contributed by atoms with Gasteiger partial charge in [-0.2, -0.15) is 4.57 Å². The number of terminal acetylenes is 1. The number of hydrogen-bond acceptors (Lipinski definition) is 8. The van der Waals surface area contributed by atoms with Gasteiger partial charge in [0.1, 0.15) is 29.7 Å². The van der Waals surface area contributed by atoms with Crippen molar-refractivity contribution in [2.24, 2.45) is 0 Å². The number of hydrogen-bond donors (Lipinski definition) is 0. The number of nitrogens with zero attached hydrogens (tertiary/aromatic N) is 3. The molecule has 0 bridgehead atoms. The number of ketones is 1. The van der Waals surface area contributed by atoms with E-state index in [-0.39, 0.29) is 5.78 Å². The van der Waals surface area contributed by atoms with E-state index < -0.39 is 0 Å². The zero-order valence-electron chi connectivity index (χ0n) is 32.4. The number of rotatable bonds is 14. The first-order valence-electron chi connectivity index (χ1n) is 18.9. The number of benzene rings is 5. The maximum Gasteiger partial charge on any atom is 0.375 e. The fourth-order valence-electron chi connectivity index (χ4n) is 7.21. The minimum atomic E-state index is -0.0913. The summed E-state index contributed by atoms with van der Waals surface area (Å²) in [6.45, 7) is 4.28. The number of anilines is 2. The van der Waals surface area contributed by atoms with E-state index in [9.17, 15) is 4.79 Å². The molecule has 0 N–H and O–H groups in total. The van der Waals surface area contributed by atoms with Crippen LogP contribution < -0.4 is 28.6 Å². The Balaban J connectivity index is 1.21. The summed E-state index contributed by atoms with van der Waals surface area (Å²) < 4.78 is 25.7. The molecule has 1 aliphatic carbocycles. The van der Waals surface area contributed by atoms with Crippen molar-refractivity contribution in [3.8, 4) is 29.6 Å². The van der Waals surface area contributed by atoms with Gasteiger partial charge in [0.15, 0.2) is 12.3 Å². The van der Waals surface area contributed by atoms with Gasteiger partial charge in [-0.3, -0.25) is 4.79 Å². The predicted octanol–water partition coefficient (Wildman–Crippen LogP) is 9.99. The van der Waals surface area contributed by atoms with E-state index in [4.69, 9.17) is 36.7 Å². The number of ether oxygens (including phenoxy) is 3. The van der Waals surface area contributed by atoms with Crippen molar-refractivity contribution in [2.45, 2.75) is 26.6 Å². The number of allylic oxidation sites excluding steroid dienone is 3. The second-order valence-electron chi connectivity index (χ2n) is 13.7. The van der Waals surface area contributed by atoms with Crippen LogP contribution in [0.4, 0.5) is 11.4 Å². The molecule has 0 saturated heterocycles. The molecule has 0 spiro atoms. The monoisotopic (exact) mass is 806 g/mol. The van der Waals surface area contributed by atoms with E-state index in [0.29, 0.717) is 65.4 Å². The van der Waals surface area contributed by atoms with Gasteiger partial charge in [-0.25, -0.2) is 0 Å². The maximum absolute atomic E-state index is 14.4. The van der Waals surface area contributed by atoms with E-state index in [1.807, 2.05) is 91.0 Å². The lowest BCUT2D eigenvalue weighted by Crippen LogP contribution is -2.36. The third kappa shape index (κ3) is 7.82. The number of fused-ring (bicyclic) bond motifs is 2. The first-order chi connectivity index (χ1) is 28.4. The van der Waals surface area contributed by atoms with E-state index in [1.54, 1.807) is 14.2 Å². The lowest BCUT2D eigenvalue weighted by Gasteiger charge is -2.28. The Labute approximate surface area is 347 Å². The molecule has 2 aliphatic rings. The SMILES string of the molecule is C#CCSC1=C(/C=C2/N(CC)c3cc(OCc4ccccc4)ccc3N2Cc2ccc(OC)cc2)C(=O)/C1=C/c1oc2cc(OC)ccc2[n+]1Cc1ccc(Cl)cc1. The fourth-order valence-corrected chi connectivity index (χ4v) is 8.18. The second-order valence-corrected chi connectivity index (χ2v) is 15.1. The molecule has 2 heterocycles. The molecule has 0 fully saturated rings. The quantitative estimate of drug-likeness (QED) is 0.0613. The van der Waals surface area contributed by atoms with E-state index in [0.717, 1.165) is 55.8 Å². The number of methoxy groups -OCH3 is 2. The Morgan fingerprint density at radius 3 is 2.26 bits per heavy atom. The molecule has 0 unspecified atom stereocenters. The molecular formula is C48H41ClN3O5S+. The van der Waals surface area contributed by atoms with Crippen LogP contribution >= 0.6 is 23.4 Å². The molecule has 58 heavy (non-hydrogen) atoms. The predicted molar refractivity (Wildman–Crippen MR) is 232 cm³/mol. The van der Waals surface area contributed by atoms with Gasteiger partial charge in [0, 0.05) is 57.9 Å². The van der Waals surface area contributed by atoms with Gasteiger partial charge >= 0.3 is 5.89 Å².